The van der Waals surface area contributed by atoms with Crippen molar-refractivity contribution in [1.29, 1.82) is 0 Å². The molecule has 0 radical (unpaired) electrons. The molecule has 0 heterocycles. The van der Waals surface area contributed by atoms with Crippen LogP contribution in [-0.4, -0.2) is 14.3 Å². The second-order valence-electron chi connectivity index (χ2n) is 4.45. The molecule has 0 atom stereocenters. The van der Waals surface area contributed by atoms with Gasteiger partial charge < -0.3 is 5.32 Å². The molecular formula is C15H12Cl2N2O3S. The van der Waals surface area contributed by atoms with Gasteiger partial charge >= 0.3 is 0 Å². The van der Waals surface area contributed by atoms with Crippen LogP contribution in [0.3, 0.4) is 0 Å². The molecule has 0 aliphatic carbocycles. The van der Waals surface area contributed by atoms with Crippen molar-refractivity contribution < 1.29 is 13.2 Å². The van der Waals surface area contributed by atoms with Crippen molar-refractivity contribution in [3.05, 3.63) is 65.2 Å². The largest absolute Gasteiger partial charge is 0.321 e. The molecule has 120 valence electrons. The van der Waals surface area contributed by atoms with Crippen LogP contribution >= 0.6 is 23.2 Å². The Labute approximate surface area is 144 Å². The van der Waals surface area contributed by atoms with Crippen LogP contribution < -0.4 is 10.0 Å². The third-order valence-electron chi connectivity index (χ3n) is 2.79. The Morgan fingerprint density at radius 3 is 2.35 bits per heavy atom. The van der Waals surface area contributed by atoms with Crippen molar-refractivity contribution >= 4 is 50.5 Å². The Balaban J connectivity index is 2.32. The van der Waals surface area contributed by atoms with Gasteiger partial charge in [-0.15, -0.1) is 0 Å². The zero-order valence-corrected chi connectivity index (χ0v) is 14.0. The molecule has 8 heteroatoms. The highest BCUT2D eigenvalue weighted by Gasteiger charge is 2.16. The second kappa shape index (κ2) is 7.04. The van der Waals surface area contributed by atoms with Crippen molar-refractivity contribution in [1.82, 2.24) is 0 Å². The standard InChI is InChI=1S/C15H12Cl2N2O3S/c1-2-15(20)18-14-9-12(7-8-13(14)17)23(21,22)19-11-5-3-10(16)4-6-11/h2-9,19H,1H2,(H,18,20). The van der Waals surface area contributed by atoms with Crippen LogP contribution in [0.1, 0.15) is 0 Å². The number of hydrogen-bond acceptors (Lipinski definition) is 3. The number of benzene rings is 2. The Kier molecular flexibility index (Phi) is 5.30. The average molecular weight is 371 g/mol. The number of carbonyl (C=O) groups is 1. The topological polar surface area (TPSA) is 75.3 Å². The van der Waals surface area contributed by atoms with Gasteiger partial charge in [-0.25, -0.2) is 8.42 Å². The van der Waals surface area contributed by atoms with E-state index in [0.717, 1.165) is 6.08 Å². The highest BCUT2D eigenvalue weighted by molar-refractivity contribution is 7.92. The molecule has 2 aromatic rings. The fraction of sp³-hybridized carbons (Fsp3) is 0. The molecule has 0 bridgehead atoms. The zero-order valence-electron chi connectivity index (χ0n) is 11.7. The molecule has 0 aliphatic heterocycles. The lowest BCUT2D eigenvalue weighted by molar-refractivity contribution is -0.111. The van der Waals surface area contributed by atoms with Gasteiger partial charge in [-0.05, 0) is 48.5 Å². The summed E-state index contributed by atoms with van der Waals surface area (Å²) < 4.78 is 27.2. The monoisotopic (exact) mass is 370 g/mol. The first-order valence-electron chi connectivity index (χ1n) is 6.33. The van der Waals surface area contributed by atoms with Gasteiger partial charge in [0.1, 0.15) is 0 Å². The van der Waals surface area contributed by atoms with Crippen LogP contribution in [0.15, 0.2) is 60.0 Å². The number of halogens is 2. The van der Waals surface area contributed by atoms with Crippen LogP contribution in [0, 0.1) is 0 Å². The van der Waals surface area contributed by atoms with Gasteiger partial charge in [0.15, 0.2) is 0 Å². The first-order valence-corrected chi connectivity index (χ1v) is 8.57. The number of sulfonamides is 1. The van der Waals surface area contributed by atoms with E-state index in [0.29, 0.717) is 10.7 Å². The molecule has 0 aromatic heterocycles. The SMILES string of the molecule is C=CC(=O)Nc1cc(S(=O)(=O)Nc2ccc(Cl)cc2)ccc1Cl. The summed E-state index contributed by atoms with van der Waals surface area (Å²) in [6.45, 7) is 3.32. The molecule has 0 unspecified atom stereocenters. The summed E-state index contributed by atoms with van der Waals surface area (Å²) in [7, 11) is -3.84. The van der Waals surface area contributed by atoms with Crippen molar-refractivity contribution in [2.45, 2.75) is 4.90 Å². The van der Waals surface area contributed by atoms with E-state index < -0.39 is 15.9 Å². The molecule has 0 aliphatic rings. The van der Waals surface area contributed by atoms with Crippen LogP contribution in [0.2, 0.25) is 10.0 Å². The number of nitrogens with one attached hydrogen (secondary N) is 2. The fourth-order valence-corrected chi connectivity index (χ4v) is 3.06. The van der Waals surface area contributed by atoms with E-state index in [9.17, 15) is 13.2 Å². The van der Waals surface area contributed by atoms with Gasteiger partial charge in [0, 0.05) is 10.7 Å². The van der Waals surface area contributed by atoms with E-state index in [1.807, 2.05) is 0 Å². The second-order valence-corrected chi connectivity index (χ2v) is 6.97. The van der Waals surface area contributed by atoms with Gasteiger partial charge in [-0.3, -0.25) is 9.52 Å². The predicted molar refractivity (Wildman–Crippen MR) is 92.5 cm³/mol. The molecule has 0 fully saturated rings. The van der Waals surface area contributed by atoms with Gasteiger partial charge in [0.25, 0.3) is 10.0 Å². The first kappa shape index (κ1) is 17.3. The third-order valence-corrected chi connectivity index (χ3v) is 4.75. The molecule has 1 amide bonds. The van der Waals surface area contributed by atoms with Crippen LogP contribution in [0.25, 0.3) is 0 Å². The number of anilines is 2. The Morgan fingerprint density at radius 1 is 1.09 bits per heavy atom. The summed E-state index contributed by atoms with van der Waals surface area (Å²) in [5, 5.41) is 3.15. The zero-order chi connectivity index (χ0) is 17.0. The summed E-state index contributed by atoms with van der Waals surface area (Å²) in [5.41, 5.74) is 0.538. The number of amides is 1. The summed E-state index contributed by atoms with van der Waals surface area (Å²) in [6, 6.07) is 10.2. The van der Waals surface area contributed by atoms with Crippen LogP contribution in [0.4, 0.5) is 11.4 Å². The minimum atomic E-state index is -3.84. The molecular weight excluding hydrogens is 359 g/mol. The summed E-state index contributed by atoms with van der Waals surface area (Å²) in [5.74, 6) is -0.493. The van der Waals surface area contributed by atoms with Crippen molar-refractivity contribution in [2.24, 2.45) is 0 Å². The van der Waals surface area contributed by atoms with Crippen molar-refractivity contribution in [3.8, 4) is 0 Å². The van der Waals surface area contributed by atoms with E-state index in [2.05, 4.69) is 16.6 Å². The van der Waals surface area contributed by atoms with E-state index in [1.165, 1.54) is 30.3 Å². The van der Waals surface area contributed by atoms with E-state index in [1.54, 1.807) is 12.1 Å². The lowest BCUT2D eigenvalue weighted by Crippen LogP contribution is -2.14. The van der Waals surface area contributed by atoms with E-state index in [-0.39, 0.29) is 15.6 Å². The number of hydrogen-bond donors (Lipinski definition) is 2. The van der Waals surface area contributed by atoms with Gasteiger partial charge in [-0.2, -0.15) is 0 Å². The molecule has 0 saturated carbocycles. The maximum atomic E-state index is 12.4. The molecule has 5 nitrogen and oxygen atoms in total. The maximum absolute atomic E-state index is 12.4. The highest BCUT2D eigenvalue weighted by atomic mass is 35.5. The van der Waals surface area contributed by atoms with E-state index in [4.69, 9.17) is 23.2 Å². The van der Waals surface area contributed by atoms with Gasteiger partial charge in [-0.1, -0.05) is 29.8 Å². The molecule has 2 aromatic carbocycles. The maximum Gasteiger partial charge on any atom is 0.261 e. The lowest BCUT2D eigenvalue weighted by atomic mass is 10.3. The molecule has 23 heavy (non-hydrogen) atoms. The fourth-order valence-electron chi connectivity index (χ4n) is 1.68. The van der Waals surface area contributed by atoms with E-state index >= 15 is 0 Å². The predicted octanol–water partition coefficient (Wildman–Crippen LogP) is 3.92. The molecule has 0 saturated heterocycles. The molecule has 2 N–H and O–H groups in total. The normalized spacial score (nSPS) is 10.9. The van der Waals surface area contributed by atoms with Crippen LogP contribution in [-0.2, 0) is 14.8 Å². The van der Waals surface area contributed by atoms with Crippen LogP contribution in [0.5, 0.6) is 0 Å². The Hall–Kier alpha value is -2.02. The smallest absolute Gasteiger partial charge is 0.261 e. The number of carbonyl (C=O) groups excluding carboxylic acids is 1. The number of rotatable bonds is 5. The minimum absolute atomic E-state index is 0.0452. The summed E-state index contributed by atoms with van der Waals surface area (Å²) >= 11 is 11.7. The quantitative estimate of drug-likeness (QED) is 0.783. The lowest BCUT2D eigenvalue weighted by Gasteiger charge is -2.11. The minimum Gasteiger partial charge on any atom is -0.321 e. The van der Waals surface area contributed by atoms with Crippen molar-refractivity contribution in [2.75, 3.05) is 10.0 Å². The summed E-state index contributed by atoms with van der Waals surface area (Å²) in [6.07, 6.45) is 1.06. The first-order chi connectivity index (χ1) is 10.8. The van der Waals surface area contributed by atoms with Crippen molar-refractivity contribution in [3.63, 3.8) is 0 Å². The Morgan fingerprint density at radius 2 is 1.74 bits per heavy atom. The highest BCUT2D eigenvalue weighted by Crippen LogP contribution is 2.26. The molecule has 0 spiro atoms. The summed E-state index contributed by atoms with van der Waals surface area (Å²) in [4.78, 5) is 11.3. The Bertz CT molecular complexity index is 850. The average Bonchev–Trinajstić information content (AvgIpc) is 2.51. The van der Waals surface area contributed by atoms with Gasteiger partial charge in [0.2, 0.25) is 5.91 Å². The third kappa shape index (κ3) is 4.48. The molecule has 2 rings (SSSR count). The van der Waals surface area contributed by atoms with Gasteiger partial charge in [0.05, 0.1) is 15.6 Å².